The molecule has 0 amide bonds. The van der Waals surface area contributed by atoms with Crippen LogP contribution in [-0.2, 0) is 6.54 Å². The zero-order valence-corrected chi connectivity index (χ0v) is 17.2. The fourth-order valence-electron chi connectivity index (χ4n) is 4.05. The van der Waals surface area contributed by atoms with Gasteiger partial charge < -0.3 is 20.4 Å². The molecule has 156 valence electrons. The van der Waals surface area contributed by atoms with Gasteiger partial charge in [0.05, 0.1) is 6.61 Å². The molecule has 1 unspecified atom stereocenters. The van der Waals surface area contributed by atoms with Crippen LogP contribution in [0.3, 0.4) is 0 Å². The van der Waals surface area contributed by atoms with Crippen molar-refractivity contribution in [2.24, 2.45) is 5.92 Å². The Morgan fingerprint density at radius 1 is 1.21 bits per heavy atom. The molecule has 8 nitrogen and oxygen atoms in total. The molecule has 0 radical (unpaired) electrons. The number of nitrogen functional groups attached to an aromatic ring is 1. The maximum atomic E-state index is 12.4. The number of aromatic nitrogens is 4. The molecule has 0 spiro atoms. The van der Waals surface area contributed by atoms with Crippen molar-refractivity contribution < 1.29 is 4.74 Å². The van der Waals surface area contributed by atoms with Gasteiger partial charge in [0.15, 0.2) is 11.5 Å². The molecular weight excluding hydrogens is 356 g/mol. The fraction of sp³-hybridized carbons (Fsp3) is 0.750. The van der Waals surface area contributed by atoms with Gasteiger partial charge in [-0.2, -0.15) is 9.97 Å². The first-order chi connectivity index (χ1) is 13.6. The second-order valence-electron chi connectivity index (χ2n) is 7.82. The van der Waals surface area contributed by atoms with Gasteiger partial charge in [0.2, 0.25) is 0 Å². The number of nitrogens with zero attached hydrogens (tertiary/aromatic N) is 4. The van der Waals surface area contributed by atoms with Crippen molar-refractivity contribution in [2.75, 3.05) is 32.0 Å². The Hall–Kier alpha value is -2.09. The Balaban J connectivity index is 1.65. The number of unbranched alkanes of at least 4 members (excludes halogenated alkanes) is 1. The highest BCUT2D eigenvalue weighted by atomic mass is 16.5. The molecule has 1 saturated heterocycles. The molecule has 0 saturated carbocycles. The summed E-state index contributed by atoms with van der Waals surface area (Å²) in [5.74, 6) is 0.976. The molecule has 0 bridgehead atoms. The van der Waals surface area contributed by atoms with Crippen molar-refractivity contribution in [3.63, 3.8) is 0 Å². The van der Waals surface area contributed by atoms with E-state index in [2.05, 4.69) is 33.7 Å². The lowest BCUT2D eigenvalue weighted by molar-refractivity contribution is 0.166. The second-order valence-corrected chi connectivity index (χ2v) is 7.82. The summed E-state index contributed by atoms with van der Waals surface area (Å²) in [6, 6.07) is 0.244. The lowest BCUT2D eigenvalue weighted by Gasteiger charge is -2.32. The zero-order chi connectivity index (χ0) is 19.9. The number of aromatic amines is 1. The Morgan fingerprint density at radius 2 is 2.07 bits per heavy atom. The number of ether oxygens (including phenoxy) is 1. The van der Waals surface area contributed by atoms with Crippen LogP contribution in [0.25, 0.3) is 11.2 Å². The number of hydrogen-bond donors (Lipinski definition) is 2. The quantitative estimate of drug-likeness (QED) is 0.605. The van der Waals surface area contributed by atoms with Gasteiger partial charge in [-0.15, -0.1) is 0 Å². The maximum Gasteiger partial charge on any atom is 0.327 e. The van der Waals surface area contributed by atoms with Crippen molar-refractivity contribution in [3.05, 3.63) is 10.5 Å². The van der Waals surface area contributed by atoms with Crippen LogP contribution in [0.15, 0.2) is 4.79 Å². The number of hydrogen-bond acceptors (Lipinski definition) is 6. The van der Waals surface area contributed by atoms with Crippen molar-refractivity contribution in [1.82, 2.24) is 24.4 Å². The monoisotopic (exact) mass is 390 g/mol. The van der Waals surface area contributed by atoms with E-state index in [0.717, 1.165) is 25.7 Å². The van der Waals surface area contributed by atoms with Crippen molar-refractivity contribution in [1.29, 1.82) is 0 Å². The summed E-state index contributed by atoms with van der Waals surface area (Å²) in [6.07, 6.45) is 7.81. The molecule has 1 aliphatic rings. The van der Waals surface area contributed by atoms with E-state index < -0.39 is 0 Å². The molecule has 1 aliphatic heterocycles. The first-order valence-corrected chi connectivity index (χ1v) is 10.7. The lowest BCUT2D eigenvalue weighted by Crippen LogP contribution is -2.36. The van der Waals surface area contributed by atoms with Gasteiger partial charge in [-0.05, 0) is 57.5 Å². The average Bonchev–Trinajstić information content (AvgIpc) is 2.99. The molecule has 0 aliphatic carbocycles. The SMILES string of the molecule is CCCCOc1nc(N)c2[nH]c(=O)n(CCCC3CCCN(CCC)C3)c2n1. The number of anilines is 1. The smallest absolute Gasteiger partial charge is 0.327 e. The molecule has 0 aromatic carbocycles. The van der Waals surface area contributed by atoms with Gasteiger partial charge >= 0.3 is 11.7 Å². The van der Waals surface area contributed by atoms with E-state index in [1.165, 1.54) is 38.9 Å². The summed E-state index contributed by atoms with van der Waals surface area (Å²) in [6.45, 7) is 9.11. The molecule has 3 rings (SSSR count). The van der Waals surface area contributed by atoms with Crippen molar-refractivity contribution in [2.45, 2.75) is 65.3 Å². The summed E-state index contributed by atoms with van der Waals surface area (Å²) < 4.78 is 7.27. The lowest BCUT2D eigenvalue weighted by atomic mass is 9.93. The van der Waals surface area contributed by atoms with E-state index >= 15 is 0 Å². The predicted octanol–water partition coefficient (Wildman–Crippen LogP) is 2.78. The summed E-state index contributed by atoms with van der Waals surface area (Å²) in [5, 5.41) is 0. The number of rotatable bonds is 10. The van der Waals surface area contributed by atoms with Crippen LogP contribution in [0.1, 0.15) is 58.8 Å². The molecule has 8 heteroatoms. The number of fused-ring (bicyclic) bond motifs is 1. The van der Waals surface area contributed by atoms with Gasteiger partial charge in [0, 0.05) is 13.1 Å². The maximum absolute atomic E-state index is 12.4. The van der Waals surface area contributed by atoms with Gasteiger partial charge in [0.1, 0.15) is 5.52 Å². The normalized spacial score (nSPS) is 18.0. The number of H-pyrrole nitrogens is 1. The van der Waals surface area contributed by atoms with Crippen molar-refractivity contribution >= 4 is 17.0 Å². The third kappa shape index (κ3) is 5.04. The summed E-state index contributed by atoms with van der Waals surface area (Å²) in [4.78, 5) is 26.4. The van der Waals surface area contributed by atoms with E-state index in [-0.39, 0.29) is 17.5 Å². The summed E-state index contributed by atoms with van der Waals surface area (Å²) >= 11 is 0. The number of nitrogens with one attached hydrogen (secondary N) is 1. The highest BCUT2D eigenvalue weighted by molar-refractivity contribution is 5.81. The van der Waals surface area contributed by atoms with Gasteiger partial charge in [-0.3, -0.25) is 4.57 Å². The van der Waals surface area contributed by atoms with E-state index in [1.54, 1.807) is 4.57 Å². The molecule has 1 atom stereocenters. The molecule has 2 aromatic rings. The molecular formula is C20H34N6O2. The van der Waals surface area contributed by atoms with Crippen molar-refractivity contribution in [3.8, 4) is 6.01 Å². The Labute approximate surface area is 166 Å². The van der Waals surface area contributed by atoms with Crippen LogP contribution in [0.2, 0.25) is 0 Å². The molecule has 1 fully saturated rings. The molecule has 28 heavy (non-hydrogen) atoms. The predicted molar refractivity (Wildman–Crippen MR) is 112 cm³/mol. The van der Waals surface area contributed by atoms with Crippen LogP contribution in [0.5, 0.6) is 6.01 Å². The highest BCUT2D eigenvalue weighted by Crippen LogP contribution is 2.22. The Kier molecular flexibility index (Phi) is 7.30. The molecule has 3 N–H and O–H groups in total. The number of piperidine rings is 1. The third-order valence-corrected chi connectivity index (χ3v) is 5.50. The second kappa shape index (κ2) is 9.91. The Bertz CT molecular complexity index is 813. The van der Waals surface area contributed by atoms with E-state index in [1.807, 2.05) is 0 Å². The van der Waals surface area contributed by atoms with Crippen LogP contribution >= 0.6 is 0 Å². The first-order valence-electron chi connectivity index (χ1n) is 10.7. The number of nitrogens with two attached hydrogens (primary N) is 1. The average molecular weight is 391 g/mol. The van der Waals surface area contributed by atoms with Crippen LogP contribution < -0.4 is 16.2 Å². The number of aryl methyl sites for hydroxylation is 1. The largest absolute Gasteiger partial charge is 0.463 e. The third-order valence-electron chi connectivity index (χ3n) is 5.50. The molecule has 3 heterocycles. The zero-order valence-electron chi connectivity index (χ0n) is 17.2. The molecule has 2 aromatic heterocycles. The number of likely N-dealkylation sites (tertiary alicyclic amines) is 1. The van der Waals surface area contributed by atoms with E-state index in [0.29, 0.717) is 30.2 Å². The van der Waals surface area contributed by atoms with Crippen LogP contribution in [0.4, 0.5) is 5.82 Å². The highest BCUT2D eigenvalue weighted by Gasteiger charge is 2.20. The first kappa shape index (κ1) is 20.6. The minimum Gasteiger partial charge on any atom is -0.463 e. The van der Waals surface area contributed by atoms with E-state index in [4.69, 9.17) is 10.5 Å². The van der Waals surface area contributed by atoms with Gasteiger partial charge in [0.25, 0.3) is 0 Å². The topological polar surface area (TPSA) is 102 Å². The number of imidazole rings is 1. The van der Waals surface area contributed by atoms with Crippen LogP contribution in [-0.4, -0.2) is 50.7 Å². The standard InChI is InChI=1S/C20H34N6O2/c1-3-5-13-28-19-23-17(21)16-18(24-19)26(20(27)22-16)12-7-9-15-8-6-11-25(14-15)10-4-2/h15H,3-14H2,1-2H3,(H,22,27)(H2,21,23,24). The van der Waals surface area contributed by atoms with Crippen LogP contribution in [0, 0.1) is 5.92 Å². The Morgan fingerprint density at radius 3 is 2.86 bits per heavy atom. The fourth-order valence-corrected chi connectivity index (χ4v) is 4.05. The van der Waals surface area contributed by atoms with E-state index in [9.17, 15) is 4.79 Å². The summed E-state index contributed by atoms with van der Waals surface area (Å²) in [7, 11) is 0. The summed E-state index contributed by atoms with van der Waals surface area (Å²) in [5.41, 5.74) is 6.87. The van der Waals surface area contributed by atoms with Gasteiger partial charge in [-0.1, -0.05) is 20.3 Å². The van der Waals surface area contributed by atoms with Gasteiger partial charge in [-0.25, -0.2) is 4.79 Å². The minimum atomic E-state index is -0.182. The minimum absolute atomic E-state index is 0.182.